The molecule has 1 fully saturated rings. The average Bonchev–Trinajstić information content (AvgIpc) is 3.13. The molecule has 1 N–H and O–H groups in total. The fourth-order valence-corrected chi connectivity index (χ4v) is 3.65. The topological polar surface area (TPSA) is 58.4 Å². The van der Waals surface area contributed by atoms with E-state index in [-0.39, 0.29) is 12.3 Å². The molecule has 3 heterocycles. The van der Waals surface area contributed by atoms with Crippen molar-refractivity contribution >= 4 is 16.8 Å². The van der Waals surface area contributed by atoms with Gasteiger partial charge in [-0.3, -0.25) is 4.79 Å². The van der Waals surface area contributed by atoms with Crippen molar-refractivity contribution < 1.29 is 18.0 Å². The molecule has 1 amide bonds. The van der Waals surface area contributed by atoms with Crippen LogP contribution in [0.1, 0.15) is 22.5 Å². The van der Waals surface area contributed by atoms with Crippen molar-refractivity contribution in [2.75, 3.05) is 19.6 Å². The number of para-hydroxylation sites is 1. The Bertz CT molecular complexity index is 1000. The van der Waals surface area contributed by atoms with E-state index in [1.54, 1.807) is 11.0 Å². The lowest BCUT2D eigenvalue weighted by molar-refractivity contribution is 0.0474. The Hall–Kier alpha value is -2.80. The molecule has 146 valence electrons. The molecule has 1 atom stereocenters. The summed E-state index contributed by atoms with van der Waals surface area (Å²) in [6.07, 6.45) is -2.80. The molecule has 1 aliphatic heterocycles. The van der Waals surface area contributed by atoms with Gasteiger partial charge in [0.05, 0.1) is 11.1 Å². The average molecular weight is 385 g/mol. The second-order valence-corrected chi connectivity index (χ2v) is 6.97. The van der Waals surface area contributed by atoms with Gasteiger partial charge >= 0.3 is 0 Å². The van der Waals surface area contributed by atoms with E-state index in [0.29, 0.717) is 47.6 Å². The molecule has 0 spiro atoms. The summed E-state index contributed by atoms with van der Waals surface area (Å²) in [4.78, 5) is 19.6. The summed E-state index contributed by atoms with van der Waals surface area (Å²) < 4.78 is 31.7. The summed E-state index contributed by atoms with van der Waals surface area (Å²) in [5.41, 5.74) is 1.67. The number of hydrogen-bond acceptors (Lipinski definition) is 4. The minimum Gasteiger partial charge on any atom is -0.460 e. The number of aromatic nitrogens is 1. The molecule has 0 bridgehead atoms. The molecule has 2 aromatic heterocycles. The summed E-state index contributed by atoms with van der Waals surface area (Å²) >= 11 is 0. The quantitative estimate of drug-likeness (QED) is 0.741. The van der Waals surface area contributed by atoms with Crippen LogP contribution in [0, 0.1) is 6.92 Å². The van der Waals surface area contributed by atoms with Crippen LogP contribution in [0.5, 0.6) is 0 Å². The van der Waals surface area contributed by atoms with Gasteiger partial charge in [-0.25, -0.2) is 13.8 Å². The predicted octanol–water partition coefficient (Wildman–Crippen LogP) is 3.87. The minimum absolute atomic E-state index is 0.254. The maximum Gasteiger partial charge on any atom is 0.254 e. The Morgan fingerprint density at radius 1 is 1.32 bits per heavy atom. The van der Waals surface area contributed by atoms with E-state index in [4.69, 9.17) is 4.42 Å². The summed E-state index contributed by atoms with van der Waals surface area (Å²) in [7, 11) is 0. The van der Waals surface area contributed by atoms with Crippen LogP contribution >= 0.6 is 0 Å². The van der Waals surface area contributed by atoms with E-state index >= 15 is 0 Å². The Kier molecular flexibility index (Phi) is 5.09. The maximum atomic E-state index is 13.4. The van der Waals surface area contributed by atoms with Gasteiger partial charge in [-0.05, 0) is 31.2 Å². The summed E-state index contributed by atoms with van der Waals surface area (Å²) in [6, 6.07) is 12.2. The highest BCUT2D eigenvalue weighted by Gasteiger charge is 2.30. The van der Waals surface area contributed by atoms with Gasteiger partial charge in [0, 0.05) is 37.5 Å². The number of carbonyl (C=O) groups is 1. The number of furan rings is 1. The third-order valence-corrected chi connectivity index (χ3v) is 5.00. The Balaban J connectivity index is 1.78. The van der Waals surface area contributed by atoms with E-state index in [9.17, 15) is 13.6 Å². The summed E-state index contributed by atoms with van der Waals surface area (Å²) in [5.74, 6) is 1.06. The normalized spacial score (nSPS) is 17.4. The zero-order valence-electron chi connectivity index (χ0n) is 15.5. The number of rotatable bonds is 4. The van der Waals surface area contributed by atoms with Gasteiger partial charge in [0.1, 0.15) is 11.5 Å². The van der Waals surface area contributed by atoms with E-state index in [1.807, 2.05) is 43.3 Å². The van der Waals surface area contributed by atoms with Crippen LogP contribution in [-0.4, -0.2) is 47.9 Å². The number of nitrogens with zero attached hydrogens (tertiary/aromatic N) is 2. The molecule has 1 aromatic carbocycles. The molecular weight excluding hydrogens is 364 g/mol. The molecule has 5 nitrogen and oxygen atoms in total. The van der Waals surface area contributed by atoms with Crippen molar-refractivity contribution in [2.45, 2.75) is 25.8 Å². The van der Waals surface area contributed by atoms with Crippen LogP contribution in [-0.2, 0) is 0 Å². The molecule has 4 rings (SSSR count). The number of halogens is 2. The lowest BCUT2D eigenvalue weighted by Gasteiger charge is -2.36. The van der Waals surface area contributed by atoms with Crippen molar-refractivity contribution in [3.8, 4) is 11.5 Å². The molecule has 1 aliphatic rings. The van der Waals surface area contributed by atoms with Gasteiger partial charge < -0.3 is 14.6 Å². The van der Waals surface area contributed by atoms with Crippen molar-refractivity contribution in [2.24, 2.45) is 0 Å². The molecule has 3 aromatic rings. The van der Waals surface area contributed by atoms with E-state index < -0.39 is 12.5 Å². The smallest absolute Gasteiger partial charge is 0.254 e. The molecular formula is C21H21F2N3O2. The number of alkyl halides is 2. The van der Waals surface area contributed by atoms with Gasteiger partial charge in [-0.15, -0.1) is 0 Å². The number of fused-ring (bicyclic) bond motifs is 1. The van der Waals surface area contributed by atoms with Crippen molar-refractivity contribution in [1.29, 1.82) is 0 Å². The highest BCUT2D eigenvalue weighted by molar-refractivity contribution is 6.07. The first-order valence-corrected chi connectivity index (χ1v) is 9.29. The number of piperazine rings is 1. The van der Waals surface area contributed by atoms with Gasteiger partial charge in [-0.2, -0.15) is 0 Å². The predicted molar refractivity (Wildman–Crippen MR) is 102 cm³/mol. The fourth-order valence-electron chi connectivity index (χ4n) is 3.65. The zero-order chi connectivity index (χ0) is 19.7. The number of hydrogen-bond donors (Lipinski definition) is 1. The van der Waals surface area contributed by atoms with Crippen LogP contribution < -0.4 is 5.32 Å². The number of aryl methyl sites for hydroxylation is 1. The molecule has 0 aliphatic carbocycles. The summed E-state index contributed by atoms with van der Waals surface area (Å²) in [6.45, 7) is 3.18. The Labute approximate surface area is 161 Å². The first-order chi connectivity index (χ1) is 13.5. The van der Waals surface area contributed by atoms with Crippen molar-refractivity contribution in [3.05, 3.63) is 53.8 Å². The van der Waals surface area contributed by atoms with Gasteiger partial charge in [0.25, 0.3) is 5.91 Å². The Morgan fingerprint density at radius 3 is 2.89 bits per heavy atom. The maximum absolute atomic E-state index is 13.4. The summed E-state index contributed by atoms with van der Waals surface area (Å²) in [5, 5.41) is 3.80. The van der Waals surface area contributed by atoms with E-state index in [1.165, 1.54) is 0 Å². The molecule has 0 saturated carbocycles. The first-order valence-electron chi connectivity index (χ1n) is 9.29. The highest BCUT2D eigenvalue weighted by Crippen LogP contribution is 2.28. The van der Waals surface area contributed by atoms with Crippen LogP contribution in [0.3, 0.4) is 0 Å². The minimum atomic E-state index is -2.46. The highest BCUT2D eigenvalue weighted by atomic mass is 19.3. The van der Waals surface area contributed by atoms with Crippen LogP contribution in [0.15, 0.2) is 46.9 Å². The van der Waals surface area contributed by atoms with Gasteiger partial charge in [-0.1, -0.05) is 18.2 Å². The molecule has 1 unspecified atom stereocenters. The number of benzene rings is 1. The lowest BCUT2D eigenvalue weighted by atomic mass is 10.0. The van der Waals surface area contributed by atoms with Crippen molar-refractivity contribution in [1.82, 2.24) is 15.2 Å². The SMILES string of the molecule is Cc1ccc(-c2cc(C(=O)N3CCNCC3CC(F)F)c3ccccc3n2)o1. The van der Waals surface area contributed by atoms with E-state index in [0.717, 1.165) is 5.76 Å². The standard InChI is InChI=1S/C21H21F2N3O2/c1-13-6-7-19(28-13)18-11-16(15-4-2-3-5-17(15)25-18)21(27)26-9-8-24-12-14(26)10-20(22)23/h2-7,11,14,20,24H,8-10,12H2,1H3. The zero-order valence-corrected chi connectivity index (χ0v) is 15.5. The largest absolute Gasteiger partial charge is 0.460 e. The van der Waals surface area contributed by atoms with Crippen LogP contribution in [0.25, 0.3) is 22.4 Å². The van der Waals surface area contributed by atoms with Gasteiger partial charge in [0.15, 0.2) is 5.76 Å². The molecule has 0 radical (unpaired) electrons. The second kappa shape index (κ2) is 7.67. The number of pyridine rings is 1. The van der Waals surface area contributed by atoms with Gasteiger partial charge in [0.2, 0.25) is 6.43 Å². The van der Waals surface area contributed by atoms with Crippen LogP contribution in [0.2, 0.25) is 0 Å². The fraction of sp³-hybridized carbons (Fsp3) is 0.333. The lowest BCUT2D eigenvalue weighted by Crippen LogP contribution is -2.54. The monoisotopic (exact) mass is 385 g/mol. The first kappa shape index (κ1) is 18.6. The number of nitrogens with one attached hydrogen (secondary N) is 1. The second-order valence-electron chi connectivity index (χ2n) is 6.97. The molecule has 7 heteroatoms. The Morgan fingerprint density at radius 2 is 2.14 bits per heavy atom. The van der Waals surface area contributed by atoms with Crippen molar-refractivity contribution in [3.63, 3.8) is 0 Å². The van der Waals surface area contributed by atoms with Crippen LogP contribution in [0.4, 0.5) is 8.78 Å². The molecule has 1 saturated heterocycles. The number of amides is 1. The van der Waals surface area contributed by atoms with E-state index in [2.05, 4.69) is 10.3 Å². The number of carbonyl (C=O) groups excluding carboxylic acids is 1. The molecule has 28 heavy (non-hydrogen) atoms. The third-order valence-electron chi connectivity index (χ3n) is 5.00. The third kappa shape index (κ3) is 3.62.